The van der Waals surface area contributed by atoms with Crippen molar-refractivity contribution in [2.24, 2.45) is 0 Å². The zero-order valence-corrected chi connectivity index (χ0v) is 14.9. The van der Waals surface area contributed by atoms with E-state index in [9.17, 15) is 25.0 Å². The number of nitrogens with zero attached hydrogens (tertiary/aromatic N) is 4. The molecule has 0 unspecified atom stereocenters. The number of nitro groups is 2. The summed E-state index contributed by atoms with van der Waals surface area (Å²) in [6.45, 7) is 3.30. The van der Waals surface area contributed by atoms with Gasteiger partial charge in [-0.15, -0.1) is 0 Å². The van der Waals surface area contributed by atoms with E-state index in [1.165, 1.54) is 12.1 Å². The lowest BCUT2D eigenvalue weighted by atomic mass is 10.3. The third-order valence-electron chi connectivity index (χ3n) is 3.67. The molecule has 0 bridgehead atoms. The molecule has 1 aromatic carbocycles. The van der Waals surface area contributed by atoms with Crippen LogP contribution >= 0.6 is 11.8 Å². The summed E-state index contributed by atoms with van der Waals surface area (Å²) >= 11 is 1.12. The van der Waals surface area contributed by atoms with E-state index in [-0.39, 0.29) is 11.4 Å². The van der Waals surface area contributed by atoms with Crippen LogP contribution in [0.15, 0.2) is 50.6 Å². The van der Waals surface area contributed by atoms with Crippen molar-refractivity contribution in [2.45, 2.75) is 23.6 Å². The van der Waals surface area contributed by atoms with Crippen LogP contribution in [0.5, 0.6) is 0 Å². The molecule has 27 heavy (non-hydrogen) atoms. The van der Waals surface area contributed by atoms with Crippen LogP contribution < -0.4 is 0 Å². The van der Waals surface area contributed by atoms with Crippen molar-refractivity contribution < 1.29 is 19.1 Å². The van der Waals surface area contributed by atoms with Crippen LogP contribution in [0.3, 0.4) is 0 Å². The first kappa shape index (κ1) is 18.3. The number of hydrogen-bond acceptors (Lipinski definition) is 8. The summed E-state index contributed by atoms with van der Waals surface area (Å²) in [5.74, 6) is -1.44. The maximum Gasteiger partial charge on any atom is 0.433 e. The number of rotatable bonds is 5. The van der Waals surface area contributed by atoms with E-state index < -0.39 is 21.6 Å². The Hall–Kier alpha value is -3.47. The fraction of sp³-hybridized carbons (Fsp3) is 0.125. The minimum absolute atomic E-state index is 0.0537. The monoisotopic (exact) mass is 388 g/mol. The number of furan rings is 1. The molecule has 2 aromatic heterocycles. The van der Waals surface area contributed by atoms with Crippen LogP contribution in [-0.4, -0.2) is 25.5 Å². The van der Waals surface area contributed by atoms with Crippen LogP contribution in [0.4, 0.5) is 11.6 Å². The van der Waals surface area contributed by atoms with E-state index >= 15 is 0 Å². The number of benzene rings is 1. The Morgan fingerprint density at radius 3 is 2.44 bits per heavy atom. The van der Waals surface area contributed by atoms with Crippen molar-refractivity contribution in [1.82, 2.24) is 9.78 Å². The predicted octanol–water partition coefficient (Wildman–Crippen LogP) is 3.75. The Morgan fingerprint density at radius 2 is 1.81 bits per heavy atom. The van der Waals surface area contributed by atoms with Crippen LogP contribution in [0, 0.1) is 34.1 Å². The molecule has 3 rings (SSSR count). The molecule has 0 amide bonds. The first-order chi connectivity index (χ1) is 12.8. The number of carbonyl (C=O) groups excluding carboxylic acids is 1. The van der Waals surface area contributed by atoms with Gasteiger partial charge in [0.15, 0.2) is 0 Å². The number of nitro benzene ring substituents is 1. The third kappa shape index (κ3) is 3.44. The van der Waals surface area contributed by atoms with Gasteiger partial charge in [-0.05, 0) is 26.0 Å². The standard InChI is InChI=1S/C16H12N4O6S/c1-9-15(27-13-6-4-3-5-11(13)19(22)23)10(2)18(17-9)16(21)12-7-8-14(26-12)20(24)25/h3-8H,1-2H3. The highest BCUT2D eigenvalue weighted by atomic mass is 32.2. The largest absolute Gasteiger partial charge is 0.433 e. The maximum absolute atomic E-state index is 12.6. The molecule has 0 aliphatic carbocycles. The molecule has 0 radical (unpaired) electrons. The number of hydrogen-bond donors (Lipinski definition) is 0. The van der Waals surface area contributed by atoms with Gasteiger partial charge in [0.1, 0.15) is 4.92 Å². The molecular weight excluding hydrogens is 376 g/mol. The minimum Gasteiger partial charge on any atom is -0.395 e. The minimum atomic E-state index is -0.742. The van der Waals surface area contributed by atoms with Crippen LogP contribution in [-0.2, 0) is 0 Å². The van der Waals surface area contributed by atoms with Gasteiger partial charge in [-0.3, -0.25) is 25.0 Å². The topological polar surface area (TPSA) is 134 Å². The van der Waals surface area contributed by atoms with Gasteiger partial charge in [0.05, 0.1) is 32.2 Å². The first-order valence-electron chi connectivity index (χ1n) is 7.56. The number of carbonyl (C=O) groups is 1. The Bertz CT molecular complexity index is 1070. The summed E-state index contributed by atoms with van der Waals surface area (Å²) in [7, 11) is 0. The highest BCUT2D eigenvalue weighted by Gasteiger charge is 2.24. The molecule has 10 nitrogen and oxygen atoms in total. The van der Waals surface area contributed by atoms with Gasteiger partial charge in [-0.25, -0.2) is 0 Å². The van der Waals surface area contributed by atoms with Gasteiger partial charge in [0.25, 0.3) is 5.69 Å². The Labute approximate surface area is 156 Å². The van der Waals surface area contributed by atoms with E-state index in [0.717, 1.165) is 22.5 Å². The van der Waals surface area contributed by atoms with E-state index in [4.69, 9.17) is 4.42 Å². The third-order valence-corrected chi connectivity index (χ3v) is 5.03. The number of aromatic nitrogens is 2. The summed E-state index contributed by atoms with van der Waals surface area (Å²) < 4.78 is 5.99. The zero-order valence-electron chi connectivity index (χ0n) is 14.1. The van der Waals surface area contributed by atoms with E-state index in [2.05, 4.69) is 5.10 Å². The molecule has 0 aliphatic heterocycles. The quantitative estimate of drug-likeness (QED) is 0.476. The number of para-hydroxylation sites is 1. The van der Waals surface area contributed by atoms with Gasteiger partial charge in [-0.2, -0.15) is 9.78 Å². The van der Waals surface area contributed by atoms with E-state index in [0.29, 0.717) is 21.2 Å². The Morgan fingerprint density at radius 1 is 1.11 bits per heavy atom. The molecule has 0 fully saturated rings. The zero-order chi connectivity index (χ0) is 19.7. The molecule has 0 saturated heterocycles. The second-order valence-electron chi connectivity index (χ2n) is 5.44. The highest BCUT2D eigenvalue weighted by molar-refractivity contribution is 7.99. The molecule has 0 N–H and O–H groups in total. The summed E-state index contributed by atoms with van der Waals surface area (Å²) in [6, 6.07) is 8.53. The predicted molar refractivity (Wildman–Crippen MR) is 94.0 cm³/mol. The SMILES string of the molecule is Cc1nn(C(=O)c2ccc([N+](=O)[O-])o2)c(C)c1Sc1ccccc1[N+](=O)[O-]. The lowest BCUT2D eigenvalue weighted by Gasteiger charge is -2.04. The smallest absolute Gasteiger partial charge is 0.395 e. The van der Waals surface area contributed by atoms with Crippen molar-refractivity contribution in [3.8, 4) is 0 Å². The molecule has 138 valence electrons. The molecule has 0 aliphatic rings. The lowest BCUT2D eigenvalue weighted by molar-refractivity contribution is -0.402. The molecular formula is C16H12N4O6S. The second kappa shape index (κ2) is 7.03. The van der Waals surface area contributed by atoms with Gasteiger partial charge in [-0.1, -0.05) is 23.9 Å². The number of aryl methyl sites for hydroxylation is 1. The summed E-state index contributed by atoms with van der Waals surface area (Å²) in [4.78, 5) is 34.2. The van der Waals surface area contributed by atoms with E-state index in [1.54, 1.807) is 32.0 Å². The average molecular weight is 388 g/mol. The highest BCUT2D eigenvalue weighted by Crippen LogP contribution is 2.38. The van der Waals surface area contributed by atoms with Gasteiger partial charge in [0.2, 0.25) is 5.76 Å². The normalized spacial score (nSPS) is 10.7. The molecule has 0 saturated carbocycles. The molecule has 3 aromatic rings. The van der Waals surface area contributed by atoms with Crippen molar-refractivity contribution >= 4 is 29.2 Å². The fourth-order valence-electron chi connectivity index (χ4n) is 2.42. The molecule has 2 heterocycles. The summed E-state index contributed by atoms with van der Waals surface area (Å²) in [5, 5.41) is 26.1. The van der Waals surface area contributed by atoms with E-state index in [1.807, 2.05) is 0 Å². The van der Waals surface area contributed by atoms with Gasteiger partial charge < -0.3 is 4.42 Å². The Kier molecular flexibility index (Phi) is 4.77. The maximum atomic E-state index is 12.6. The Balaban J connectivity index is 1.96. The first-order valence-corrected chi connectivity index (χ1v) is 8.37. The molecule has 0 atom stereocenters. The second-order valence-corrected chi connectivity index (χ2v) is 6.49. The van der Waals surface area contributed by atoms with Crippen molar-refractivity contribution in [3.63, 3.8) is 0 Å². The fourth-order valence-corrected chi connectivity index (χ4v) is 3.46. The van der Waals surface area contributed by atoms with Crippen LogP contribution in [0.1, 0.15) is 21.9 Å². The van der Waals surface area contributed by atoms with Gasteiger partial charge in [0, 0.05) is 6.07 Å². The van der Waals surface area contributed by atoms with Crippen LogP contribution in [0.25, 0.3) is 0 Å². The lowest BCUT2D eigenvalue weighted by Crippen LogP contribution is -2.14. The van der Waals surface area contributed by atoms with Crippen molar-refractivity contribution in [3.05, 3.63) is 73.8 Å². The van der Waals surface area contributed by atoms with Gasteiger partial charge >= 0.3 is 11.8 Å². The summed E-state index contributed by atoms with van der Waals surface area (Å²) in [6.07, 6.45) is 0. The van der Waals surface area contributed by atoms with Crippen LogP contribution in [0.2, 0.25) is 0 Å². The average Bonchev–Trinajstić information content (AvgIpc) is 3.22. The van der Waals surface area contributed by atoms with Crippen molar-refractivity contribution in [1.29, 1.82) is 0 Å². The van der Waals surface area contributed by atoms with Crippen molar-refractivity contribution in [2.75, 3.05) is 0 Å². The summed E-state index contributed by atoms with van der Waals surface area (Å²) in [5.41, 5.74) is 0.881. The molecule has 0 spiro atoms. The molecule has 11 heteroatoms.